The Bertz CT molecular complexity index is 526. The summed E-state index contributed by atoms with van der Waals surface area (Å²) in [6.45, 7) is 5.83. The van der Waals surface area contributed by atoms with E-state index >= 15 is 0 Å². The predicted octanol–water partition coefficient (Wildman–Crippen LogP) is 2.17. The smallest absolute Gasteiger partial charge is 0.308 e. The summed E-state index contributed by atoms with van der Waals surface area (Å²) in [4.78, 5) is 23.2. The predicted molar refractivity (Wildman–Crippen MR) is 76.6 cm³/mol. The van der Waals surface area contributed by atoms with Gasteiger partial charge in [-0.3, -0.25) is 9.59 Å². The van der Waals surface area contributed by atoms with Crippen LogP contribution in [0.5, 0.6) is 0 Å². The van der Waals surface area contributed by atoms with Gasteiger partial charge in [0.2, 0.25) is 5.91 Å². The maximum atomic E-state index is 12.4. The van der Waals surface area contributed by atoms with Crippen molar-refractivity contribution in [3.63, 3.8) is 0 Å². The Morgan fingerprint density at radius 3 is 2.25 bits per heavy atom. The Kier molecular flexibility index (Phi) is 3.84. The van der Waals surface area contributed by atoms with Gasteiger partial charge in [-0.05, 0) is 32.3 Å². The van der Waals surface area contributed by atoms with E-state index in [0.29, 0.717) is 0 Å². The molecule has 1 unspecified atom stereocenters. The lowest BCUT2D eigenvalue weighted by atomic mass is 9.92. The Hall–Kier alpha value is -1.84. The number of carboxylic acids is 1. The zero-order valence-electron chi connectivity index (χ0n) is 12.2. The fraction of sp³-hybridized carbons (Fsp3) is 0.500. The number of aryl methyl sites for hydroxylation is 2. The van der Waals surface area contributed by atoms with Crippen LogP contribution in [0.15, 0.2) is 18.2 Å². The minimum absolute atomic E-state index is 0.0457. The van der Waals surface area contributed by atoms with Gasteiger partial charge in [-0.15, -0.1) is 0 Å². The van der Waals surface area contributed by atoms with Crippen molar-refractivity contribution in [3.05, 3.63) is 34.9 Å². The van der Waals surface area contributed by atoms with Crippen molar-refractivity contribution in [2.45, 2.75) is 39.0 Å². The molecule has 0 spiro atoms. The summed E-state index contributed by atoms with van der Waals surface area (Å²) in [5.41, 5.74) is 2.92. The minimum Gasteiger partial charge on any atom is -0.481 e. The van der Waals surface area contributed by atoms with Gasteiger partial charge >= 0.3 is 5.97 Å². The van der Waals surface area contributed by atoms with Crippen LogP contribution in [0.1, 0.15) is 36.5 Å². The number of nitrogens with one attached hydrogen (secondary N) is 1. The molecule has 108 valence electrons. The van der Waals surface area contributed by atoms with Gasteiger partial charge in [0.05, 0.1) is 11.3 Å². The normalized spacial score (nSPS) is 17.4. The molecule has 0 heterocycles. The SMILES string of the molecule is Cc1cc(C)cc(C2(C(=O)NCC(C)C(=O)O)CC2)c1. The molecule has 2 rings (SSSR count). The van der Waals surface area contributed by atoms with Gasteiger partial charge in [0.25, 0.3) is 0 Å². The number of hydrogen-bond donors (Lipinski definition) is 2. The van der Waals surface area contributed by atoms with Gasteiger partial charge in [-0.25, -0.2) is 0 Å². The molecule has 0 aliphatic heterocycles. The molecule has 20 heavy (non-hydrogen) atoms. The highest BCUT2D eigenvalue weighted by Crippen LogP contribution is 2.48. The van der Waals surface area contributed by atoms with E-state index in [1.807, 2.05) is 13.8 Å². The highest BCUT2D eigenvalue weighted by Gasteiger charge is 2.51. The number of benzene rings is 1. The zero-order valence-corrected chi connectivity index (χ0v) is 12.2. The van der Waals surface area contributed by atoms with Crippen LogP contribution in [0.4, 0.5) is 0 Å². The van der Waals surface area contributed by atoms with Crippen molar-refractivity contribution in [3.8, 4) is 0 Å². The van der Waals surface area contributed by atoms with Crippen molar-refractivity contribution in [2.24, 2.45) is 5.92 Å². The highest BCUT2D eigenvalue weighted by molar-refractivity contribution is 5.91. The van der Waals surface area contributed by atoms with Gasteiger partial charge in [0.1, 0.15) is 0 Å². The van der Waals surface area contributed by atoms with Gasteiger partial charge in [-0.2, -0.15) is 0 Å². The molecular formula is C16H21NO3. The zero-order chi connectivity index (χ0) is 14.9. The van der Waals surface area contributed by atoms with E-state index < -0.39 is 17.3 Å². The Morgan fingerprint density at radius 1 is 1.25 bits per heavy atom. The summed E-state index contributed by atoms with van der Waals surface area (Å²) in [5, 5.41) is 11.6. The van der Waals surface area contributed by atoms with Crippen LogP contribution in [-0.4, -0.2) is 23.5 Å². The molecule has 1 aliphatic rings. The maximum absolute atomic E-state index is 12.4. The monoisotopic (exact) mass is 275 g/mol. The van der Waals surface area contributed by atoms with Crippen LogP contribution in [0, 0.1) is 19.8 Å². The third kappa shape index (κ3) is 2.84. The topological polar surface area (TPSA) is 66.4 Å². The number of carbonyl (C=O) groups is 2. The summed E-state index contributed by atoms with van der Waals surface area (Å²) in [6.07, 6.45) is 1.67. The first-order chi connectivity index (χ1) is 9.35. The molecule has 1 amide bonds. The minimum atomic E-state index is -0.887. The molecule has 0 saturated heterocycles. The largest absolute Gasteiger partial charge is 0.481 e. The molecule has 1 aromatic rings. The maximum Gasteiger partial charge on any atom is 0.308 e. The average Bonchev–Trinajstić information content (AvgIpc) is 3.15. The summed E-state index contributed by atoms with van der Waals surface area (Å²) in [7, 11) is 0. The molecule has 0 bridgehead atoms. The third-order valence-electron chi connectivity index (χ3n) is 3.95. The molecular weight excluding hydrogens is 254 g/mol. The van der Waals surface area contributed by atoms with E-state index in [-0.39, 0.29) is 12.5 Å². The molecule has 1 aliphatic carbocycles. The summed E-state index contributed by atoms with van der Waals surface area (Å²) in [5.74, 6) is -1.49. The van der Waals surface area contributed by atoms with E-state index in [4.69, 9.17) is 5.11 Å². The second-order valence-corrected chi connectivity index (χ2v) is 5.91. The molecule has 1 saturated carbocycles. The van der Waals surface area contributed by atoms with Crippen molar-refractivity contribution < 1.29 is 14.7 Å². The standard InChI is InChI=1S/C16H21NO3/c1-10-6-11(2)8-13(7-10)16(4-5-16)15(20)17-9-12(3)14(18)19/h6-8,12H,4-5,9H2,1-3H3,(H,17,20)(H,18,19). The van der Waals surface area contributed by atoms with Crippen LogP contribution in [0.25, 0.3) is 0 Å². The lowest BCUT2D eigenvalue weighted by Gasteiger charge is -2.18. The van der Waals surface area contributed by atoms with Gasteiger partial charge in [-0.1, -0.05) is 36.2 Å². The van der Waals surface area contributed by atoms with E-state index in [2.05, 4.69) is 23.5 Å². The van der Waals surface area contributed by atoms with Crippen molar-refractivity contribution in [1.29, 1.82) is 0 Å². The van der Waals surface area contributed by atoms with Crippen LogP contribution in [0.3, 0.4) is 0 Å². The van der Waals surface area contributed by atoms with E-state index in [9.17, 15) is 9.59 Å². The molecule has 1 fully saturated rings. The highest BCUT2D eigenvalue weighted by atomic mass is 16.4. The van der Waals surface area contributed by atoms with E-state index in [1.54, 1.807) is 6.92 Å². The molecule has 2 N–H and O–H groups in total. The first-order valence-corrected chi connectivity index (χ1v) is 6.95. The average molecular weight is 275 g/mol. The van der Waals surface area contributed by atoms with Crippen molar-refractivity contribution in [2.75, 3.05) is 6.54 Å². The van der Waals surface area contributed by atoms with Crippen LogP contribution in [-0.2, 0) is 15.0 Å². The fourth-order valence-electron chi connectivity index (χ4n) is 2.53. The summed E-state index contributed by atoms with van der Waals surface area (Å²) < 4.78 is 0. The van der Waals surface area contributed by atoms with Crippen molar-refractivity contribution >= 4 is 11.9 Å². The molecule has 4 heteroatoms. The lowest BCUT2D eigenvalue weighted by molar-refractivity contribution is -0.141. The van der Waals surface area contributed by atoms with Crippen molar-refractivity contribution in [1.82, 2.24) is 5.32 Å². The fourth-order valence-corrected chi connectivity index (χ4v) is 2.53. The number of carbonyl (C=O) groups excluding carboxylic acids is 1. The van der Waals surface area contributed by atoms with E-state index in [0.717, 1.165) is 29.5 Å². The second kappa shape index (κ2) is 5.27. The Balaban J connectivity index is 2.10. The summed E-state index contributed by atoms with van der Waals surface area (Å²) in [6, 6.07) is 6.20. The quantitative estimate of drug-likeness (QED) is 0.865. The number of amides is 1. The van der Waals surface area contributed by atoms with Gasteiger partial charge < -0.3 is 10.4 Å². The molecule has 0 aromatic heterocycles. The first kappa shape index (κ1) is 14.6. The Morgan fingerprint density at radius 2 is 1.80 bits per heavy atom. The number of aliphatic carboxylic acids is 1. The van der Waals surface area contributed by atoms with Crippen LogP contribution in [0.2, 0.25) is 0 Å². The summed E-state index contributed by atoms with van der Waals surface area (Å²) >= 11 is 0. The molecule has 1 aromatic carbocycles. The number of hydrogen-bond acceptors (Lipinski definition) is 2. The third-order valence-corrected chi connectivity index (χ3v) is 3.95. The Labute approximate surface area is 119 Å². The van der Waals surface area contributed by atoms with Crippen LogP contribution >= 0.6 is 0 Å². The molecule has 0 radical (unpaired) electrons. The second-order valence-electron chi connectivity index (χ2n) is 5.91. The van der Waals surface area contributed by atoms with Gasteiger partial charge in [0, 0.05) is 6.54 Å². The first-order valence-electron chi connectivity index (χ1n) is 6.95. The molecule has 1 atom stereocenters. The molecule has 4 nitrogen and oxygen atoms in total. The van der Waals surface area contributed by atoms with Crippen LogP contribution < -0.4 is 5.32 Å². The van der Waals surface area contributed by atoms with Gasteiger partial charge in [0.15, 0.2) is 0 Å². The number of rotatable bonds is 5. The van der Waals surface area contributed by atoms with E-state index in [1.165, 1.54) is 0 Å². The lowest BCUT2D eigenvalue weighted by Crippen LogP contribution is -2.38. The number of carboxylic acid groups (broad SMARTS) is 1.